The summed E-state index contributed by atoms with van der Waals surface area (Å²) in [7, 11) is 1.73. The third kappa shape index (κ3) is 3.04. The topological polar surface area (TPSA) is 73.6 Å². The molecule has 2 rings (SSSR count). The van der Waals surface area contributed by atoms with Crippen LogP contribution in [0.5, 0.6) is 0 Å². The number of ether oxygens (including phenoxy) is 2. The summed E-state index contributed by atoms with van der Waals surface area (Å²) in [6.45, 7) is 2.81. The van der Waals surface area contributed by atoms with E-state index in [2.05, 4.69) is 5.32 Å². The maximum Gasteiger partial charge on any atom is 0.340 e. The van der Waals surface area contributed by atoms with Gasteiger partial charge in [-0.3, -0.25) is 0 Å². The van der Waals surface area contributed by atoms with Crippen LogP contribution in [-0.4, -0.2) is 31.8 Å². The van der Waals surface area contributed by atoms with E-state index < -0.39 is 0 Å². The van der Waals surface area contributed by atoms with Gasteiger partial charge >= 0.3 is 5.97 Å². The van der Waals surface area contributed by atoms with Crippen LogP contribution in [-0.2, 0) is 9.47 Å². The van der Waals surface area contributed by atoms with E-state index in [-0.39, 0.29) is 11.6 Å². The number of carbonyl (C=O) groups excluding carboxylic acids is 1. The zero-order valence-corrected chi connectivity index (χ0v) is 12.1. The Bertz CT molecular complexity index is 478. The summed E-state index contributed by atoms with van der Waals surface area (Å²) in [6, 6.07) is 5.22. The molecule has 1 aromatic carbocycles. The van der Waals surface area contributed by atoms with Gasteiger partial charge in [-0.2, -0.15) is 0 Å². The predicted octanol–water partition coefficient (Wildman–Crippen LogP) is 2.43. The second-order valence-electron chi connectivity index (χ2n) is 5.12. The highest BCUT2D eigenvalue weighted by molar-refractivity contribution is 5.96. The van der Waals surface area contributed by atoms with Crippen LogP contribution >= 0.6 is 0 Å². The van der Waals surface area contributed by atoms with Crippen LogP contribution in [0.25, 0.3) is 0 Å². The number of benzene rings is 1. The van der Waals surface area contributed by atoms with Crippen molar-refractivity contribution in [2.45, 2.75) is 31.8 Å². The van der Waals surface area contributed by atoms with E-state index in [1.165, 1.54) is 6.42 Å². The largest absolute Gasteiger partial charge is 0.462 e. The number of nitrogens with two attached hydrogens (primary N) is 1. The molecule has 1 saturated carbocycles. The van der Waals surface area contributed by atoms with Gasteiger partial charge in [0.2, 0.25) is 0 Å². The lowest BCUT2D eigenvalue weighted by Crippen LogP contribution is -2.45. The van der Waals surface area contributed by atoms with Crippen LogP contribution < -0.4 is 11.1 Å². The average molecular weight is 278 g/mol. The van der Waals surface area contributed by atoms with Crippen molar-refractivity contribution >= 4 is 17.3 Å². The summed E-state index contributed by atoms with van der Waals surface area (Å²) in [5.41, 5.74) is 7.39. The van der Waals surface area contributed by atoms with E-state index in [1.54, 1.807) is 26.2 Å². The Morgan fingerprint density at radius 3 is 2.75 bits per heavy atom. The van der Waals surface area contributed by atoms with Gasteiger partial charge in [0.1, 0.15) is 0 Å². The summed E-state index contributed by atoms with van der Waals surface area (Å²) in [6.07, 6.45) is 3.27. The molecule has 0 bridgehead atoms. The van der Waals surface area contributed by atoms with Crippen LogP contribution in [0.15, 0.2) is 18.2 Å². The molecule has 1 fully saturated rings. The molecule has 3 N–H and O–H groups in total. The van der Waals surface area contributed by atoms with E-state index >= 15 is 0 Å². The Balaban J connectivity index is 2.12. The molecule has 0 radical (unpaired) electrons. The standard InChI is InChI=1S/C15H22N2O3/c1-3-20-14(18)12-9-11(16)5-6-13(12)17-10-15(19-2)7-4-8-15/h5-6,9,17H,3-4,7-8,10,16H2,1-2H3. The lowest BCUT2D eigenvalue weighted by molar-refractivity contribution is -0.0601. The molecule has 0 heterocycles. The first-order chi connectivity index (χ1) is 9.60. The lowest BCUT2D eigenvalue weighted by atomic mass is 9.80. The van der Waals surface area contributed by atoms with Crippen LogP contribution in [0.2, 0.25) is 0 Å². The van der Waals surface area contributed by atoms with Crippen molar-refractivity contribution in [3.05, 3.63) is 23.8 Å². The maximum absolute atomic E-state index is 11.9. The predicted molar refractivity (Wildman–Crippen MR) is 78.9 cm³/mol. The minimum absolute atomic E-state index is 0.104. The molecule has 0 unspecified atom stereocenters. The first-order valence-electron chi connectivity index (χ1n) is 6.96. The quantitative estimate of drug-likeness (QED) is 0.617. The molecule has 0 aliphatic heterocycles. The molecule has 110 valence electrons. The van der Waals surface area contributed by atoms with Crippen molar-refractivity contribution in [1.82, 2.24) is 0 Å². The van der Waals surface area contributed by atoms with E-state index in [0.29, 0.717) is 24.4 Å². The normalized spacial score (nSPS) is 16.3. The zero-order chi connectivity index (χ0) is 14.6. The van der Waals surface area contributed by atoms with Crippen LogP contribution in [0.3, 0.4) is 0 Å². The fraction of sp³-hybridized carbons (Fsp3) is 0.533. The molecule has 1 aliphatic rings. The Morgan fingerprint density at radius 2 is 2.20 bits per heavy atom. The van der Waals surface area contributed by atoms with Crippen molar-refractivity contribution in [1.29, 1.82) is 0 Å². The van der Waals surface area contributed by atoms with Gasteiger partial charge in [-0.05, 0) is 44.4 Å². The lowest BCUT2D eigenvalue weighted by Gasteiger charge is -2.40. The van der Waals surface area contributed by atoms with Crippen molar-refractivity contribution in [3.8, 4) is 0 Å². The third-order valence-corrected chi connectivity index (χ3v) is 3.84. The Hall–Kier alpha value is -1.75. The van der Waals surface area contributed by atoms with Gasteiger partial charge in [0.05, 0.1) is 17.8 Å². The minimum Gasteiger partial charge on any atom is -0.462 e. The molecule has 5 heteroatoms. The SMILES string of the molecule is CCOC(=O)c1cc(N)ccc1NCC1(OC)CCC1. The Labute approximate surface area is 119 Å². The molecule has 5 nitrogen and oxygen atoms in total. The van der Waals surface area contributed by atoms with E-state index in [9.17, 15) is 4.79 Å². The summed E-state index contributed by atoms with van der Waals surface area (Å²) in [5, 5.41) is 3.29. The van der Waals surface area contributed by atoms with Crippen LogP contribution in [0.1, 0.15) is 36.5 Å². The van der Waals surface area contributed by atoms with E-state index in [0.717, 1.165) is 18.5 Å². The first kappa shape index (κ1) is 14.7. The summed E-state index contributed by atoms with van der Waals surface area (Å²) >= 11 is 0. The van der Waals surface area contributed by atoms with Crippen molar-refractivity contribution in [2.24, 2.45) is 0 Å². The highest BCUT2D eigenvalue weighted by Gasteiger charge is 2.36. The minimum atomic E-state index is -0.359. The van der Waals surface area contributed by atoms with Gasteiger partial charge in [0.25, 0.3) is 0 Å². The second-order valence-corrected chi connectivity index (χ2v) is 5.12. The smallest absolute Gasteiger partial charge is 0.340 e. The monoisotopic (exact) mass is 278 g/mol. The zero-order valence-electron chi connectivity index (χ0n) is 12.1. The molecule has 0 atom stereocenters. The molecule has 0 amide bonds. The van der Waals surface area contributed by atoms with E-state index in [1.807, 2.05) is 6.07 Å². The van der Waals surface area contributed by atoms with Crippen molar-refractivity contribution < 1.29 is 14.3 Å². The van der Waals surface area contributed by atoms with Crippen LogP contribution in [0, 0.1) is 0 Å². The van der Waals surface area contributed by atoms with Gasteiger partial charge < -0.3 is 20.5 Å². The molecule has 0 saturated heterocycles. The second kappa shape index (κ2) is 6.13. The molecular formula is C15H22N2O3. The number of hydrogen-bond acceptors (Lipinski definition) is 5. The number of anilines is 2. The number of methoxy groups -OCH3 is 1. The molecule has 0 spiro atoms. The third-order valence-electron chi connectivity index (χ3n) is 3.84. The molecule has 0 aromatic heterocycles. The highest BCUT2D eigenvalue weighted by atomic mass is 16.5. The molecule has 1 aliphatic carbocycles. The van der Waals surface area contributed by atoms with Gasteiger partial charge in [0, 0.05) is 25.0 Å². The summed E-state index contributed by atoms with van der Waals surface area (Å²) < 4.78 is 10.6. The number of hydrogen-bond donors (Lipinski definition) is 2. The van der Waals surface area contributed by atoms with Crippen molar-refractivity contribution in [2.75, 3.05) is 31.3 Å². The van der Waals surface area contributed by atoms with Gasteiger partial charge in [-0.1, -0.05) is 0 Å². The number of carbonyl (C=O) groups is 1. The van der Waals surface area contributed by atoms with E-state index in [4.69, 9.17) is 15.2 Å². The number of nitrogens with one attached hydrogen (secondary N) is 1. The fourth-order valence-corrected chi connectivity index (χ4v) is 2.37. The maximum atomic E-state index is 11.9. The Kier molecular flexibility index (Phi) is 4.49. The van der Waals surface area contributed by atoms with Gasteiger partial charge in [0.15, 0.2) is 0 Å². The number of rotatable bonds is 6. The number of esters is 1. The highest BCUT2D eigenvalue weighted by Crippen LogP contribution is 2.35. The first-order valence-corrected chi connectivity index (χ1v) is 6.96. The van der Waals surface area contributed by atoms with Crippen molar-refractivity contribution in [3.63, 3.8) is 0 Å². The van der Waals surface area contributed by atoms with Gasteiger partial charge in [-0.15, -0.1) is 0 Å². The molecule has 1 aromatic rings. The molecule has 20 heavy (non-hydrogen) atoms. The van der Waals surface area contributed by atoms with Gasteiger partial charge in [-0.25, -0.2) is 4.79 Å². The van der Waals surface area contributed by atoms with Crippen LogP contribution in [0.4, 0.5) is 11.4 Å². The summed E-state index contributed by atoms with van der Waals surface area (Å²) in [5.74, 6) is -0.359. The molecular weight excluding hydrogens is 256 g/mol. The Morgan fingerprint density at radius 1 is 1.45 bits per heavy atom. The number of nitrogen functional groups attached to an aromatic ring is 1. The fourth-order valence-electron chi connectivity index (χ4n) is 2.37. The average Bonchev–Trinajstić information content (AvgIpc) is 2.39. The summed E-state index contributed by atoms with van der Waals surface area (Å²) in [4.78, 5) is 11.9.